The highest BCUT2D eigenvalue weighted by atomic mass is 32.1. The van der Waals surface area contributed by atoms with Crippen molar-refractivity contribution in [1.82, 2.24) is 15.0 Å². The second-order valence-corrected chi connectivity index (χ2v) is 11.9. The van der Waals surface area contributed by atoms with Crippen LogP contribution in [0, 0.1) is 0 Å². The maximum absolute atomic E-state index is 11.8. The van der Waals surface area contributed by atoms with Gasteiger partial charge in [-0.2, -0.15) is 4.67 Å². The lowest BCUT2D eigenvalue weighted by Crippen LogP contribution is -2.46. The van der Waals surface area contributed by atoms with Crippen molar-refractivity contribution in [2.45, 2.75) is 64.1 Å². The van der Waals surface area contributed by atoms with E-state index in [0.717, 1.165) is 38.5 Å². The second-order valence-electron chi connectivity index (χ2n) is 9.42. The first-order chi connectivity index (χ1) is 17.8. The molecule has 37 heavy (non-hydrogen) atoms. The monoisotopic (exact) mass is 543 g/mol. The molecule has 0 saturated carbocycles. The van der Waals surface area contributed by atoms with Gasteiger partial charge >= 0.3 is 13.7 Å². The number of thiophene rings is 1. The van der Waals surface area contributed by atoms with E-state index in [0.29, 0.717) is 13.0 Å². The summed E-state index contributed by atoms with van der Waals surface area (Å²) in [6.45, 7) is 2.52. The molecule has 1 fully saturated rings. The molecule has 1 unspecified atom stereocenters. The van der Waals surface area contributed by atoms with Gasteiger partial charge in [0.05, 0.1) is 16.3 Å². The van der Waals surface area contributed by atoms with Crippen LogP contribution in [0.15, 0.2) is 53.9 Å². The number of rotatable bonds is 12. The molecular formula is C27H34N3O5PS. The summed E-state index contributed by atoms with van der Waals surface area (Å²) in [5.41, 5.74) is 5.05. The molecule has 2 atom stereocenters. The van der Waals surface area contributed by atoms with Crippen molar-refractivity contribution in [3.05, 3.63) is 65.2 Å². The normalized spacial score (nSPS) is 18.4. The van der Waals surface area contributed by atoms with Gasteiger partial charge in [0.15, 0.2) is 0 Å². The number of nitrogens with one attached hydrogen (secondary N) is 1. The van der Waals surface area contributed by atoms with Crippen LogP contribution in [0.5, 0.6) is 0 Å². The van der Waals surface area contributed by atoms with E-state index in [1.165, 1.54) is 31.2 Å². The van der Waals surface area contributed by atoms with Crippen LogP contribution in [0.25, 0.3) is 21.7 Å². The van der Waals surface area contributed by atoms with Crippen molar-refractivity contribution in [3.63, 3.8) is 0 Å². The van der Waals surface area contributed by atoms with Gasteiger partial charge < -0.3 is 20.2 Å². The van der Waals surface area contributed by atoms with Crippen LogP contribution in [-0.2, 0) is 22.3 Å². The molecule has 1 aliphatic rings. The van der Waals surface area contributed by atoms with Crippen molar-refractivity contribution < 1.29 is 24.3 Å². The van der Waals surface area contributed by atoms with Crippen molar-refractivity contribution in [2.24, 2.45) is 0 Å². The Morgan fingerprint density at radius 2 is 1.92 bits per heavy atom. The Morgan fingerprint density at radius 3 is 2.57 bits per heavy atom. The zero-order valence-electron chi connectivity index (χ0n) is 20.9. The van der Waals surface area contributed by atoms with E-state index in [2.05, 4.69) is 36.5 Å². The number of carboxylic acids is 1. The highest BCUT2D eigenvalue weighted by Crippen LogP contribution is 2.45. The van der Waals surface area contributed by atoms with Crippen LogP contribution in [0.4, 0.5) is 0 Å². The number of pyridine rings is 1. The number of carboxylic acid groups (broad SMARTS) is 1. The van der Waals surface area contributed by atoms with Crippen molar-refractivity contribution in [2.75, 3.05) is 6.54 Å². The third-order valence-electron chi connectivity index (χ3n) is 6.80. The quantitative estimate of drug-likeness (QED) is 0.179. The summed E-state index contributed by atoms with van der Waals surface area (Å²) in [5.74, 6) is -1.25. The fourth-order valence-electron chi connectivity index (χ4n) is 4.86. The summed E-state index contributed by atoms with van der Waals surface area (Å²) in [7, 11) is -4.65. The third-order valence-corrected chi connectivity index (χ3v) is 8.79. The van der Waals surface area contributed by atoms with Gasteiger partial charge in [-0.3, -0.25) is 4.79 Å². The summed E-state index contributed by atoms with van der Waals surface area (Å²) in [5, 5.41) is 14.8. The first kappa shape index (κ1) is 27.6. The molecule has 3 aromatic rings. The van der Waals surface area contributed by atoms with Crippen molar-refractivity contribution in [3.8, 4) is 21.7 Å². The van der Waals surface area contributed by atoms with Crippen molar-refractivity contribution in [1.29, 1.82) is 0 Å². The summed E-state index contributed by atoms with van der Waals surface area (Å²) in [6.07, 6.45) is 6.37. The van der Waals surface area contributed by atoms with Crippen LogP contribution in [0.1, 0.15) is 50.3 Å². The Bertz CT molecular complexity index is 1230. The minimum Gasteiger partial charge on any atom is -0.480 e. The number of carbonyl (C=O) groups is 1. The predicted octanol–water partition coefficient (Wildman–Crippen LogP) is 5.31. The topological polar surface area (TPSA) is 123 Å². The van der Waals surface area contributed by atoms with E-state index in [9.17, 15) is 24.3 Å². The van der Waals surface area contributed by atoms with Gasteiger partial charge in [0.25, 0.3) is 0 Å². The number of hydrogen-bond donors (Lipinski definition) is 4. The maximum Gasteiger partial charge on any atom is 0.403 e. The van der Waals surface area contributed by atoms with Gasteiger partial charge in [-0.05, 0) is 47.9 Å². The summed E-state index contributed by atoms with van der Waals surface area (Å²) >= 11 is 1.61. The Labute approximate surface area is 221 Å². The molecule has 4 N–H and O–H groups in total. The average molecular weight is 544 g/mol. The highest BCUT2D eigenvalue weighted by molar-refractivity contribution is 7.49. The summed E-state index contributed by atoms with van der Waals surface area (Å²) < 4.78 is 12.5. The molecule has 1 saturated heterocycles. The molecule has 1 aliphatic heterocycles. The van der Waals surface area contributed by atoms with E-state index < -0.39 is 25.8 Å². The van der Waals surface area contributed by atoms with Crippen LogP contribution >= 0.6 is 19.1 Å². The number of nitrogens with zero attached hydrogens (tertiary/aromatic N) is 2. The number of aromatic nitrogens is 1. The van der Waals surface area contributed by atoms with Gasteiger partial charge in [0, 0.05) is 24.7 Å². The summed E-state index contributed by atoms with van der Waals surface area (Å²) in [6, 6.07) is 14.8. The number of unbranched alkanes of at least 4 members (excludes halogenated alkanes) is 3. The number of aryl methyl sites for hydroxylation is 1. The third kappa shape index (κ3) is 6.93. The molecular weight excluding hydrogens is 509 g/mol. The van der Waals surface area contributed by atoms with Gasteiger partial charge in [0.1, 0.15) is 6.04 Å². The molecule has 198 valence electrons. The van der Waals surface area contributed by atoms with Crippen LogP contribution in [-0.4, -0.2) is 49.1 Å². The standard InChI is InChI=1S/C27H34N3O5PS/c1-2-3-4-5-7-19-9-11-20(12-10-19)22-14-13-21(29-25(22)24-8-6-17-37-24)18-28-23-15-16-30(36(33,34)35)26(23)27(31)32/h6,8-14,17,23,26,28H,2-5,7,15-16,18H2,1H3,(H,31,32)(H2,33,34,35)/t23?,26-/m0/s1. The Kier molecular flexibility index (Phi) is 9.29. The smallest absolute Gasteiger partial charge is 0.403 e. The van der Waals surface area contributed by atoms with Crippen LogP contribution in [0.3, 0.4) is 0 Å². The number of aliphatic carboxylic acids is 1. The van der Waals surface area contributed by atoms with Crippen LogP contribution < -0.4 is 5.32 Å². The van der Waals surface area contributed by atoms with Gasteiger partial charge in [-0.1, -0.05) is 62.6 Å². The average Bonchev–Trinajstić information content (AvgIpc) is 3.56. The molecule has 8 nitrogen and oxygen atoms in total. The Morgan fingerprint density at radius 1 is 1.14 bits per heavy atom. The van der Waals surface area contributed by atoms with E-state index in [1.807, 2.05) is 29.6 Å². The predicted molar refractivity (Wildman–Crippen MR) is 146 cm³/mol. The lowest BCUT2D eigenvalue weighted by molar-refractivity contribution is -0.141. The largest absolute Gasteiger partial charge is 0.480 e. The minimum absolute atomic E-state index is 0.0142. The molecule has 0 radical (unpaired) electrons. The van der Waals surface area contributed by atoms with E-state index in [1.54, 1.807) is 11.3 Å². The molecule has 4 rings (SSSR count). The fraction of sp³-hybridized carbons (Fsp3) is 0.407. The van der Waals surface area contributed by atoms with Gasteiger partial charge in [0.2, 0.25) is 0 Å². The first-order valence-electron chi connectivity index (χ1n) is 12.7. The minimum atomic E-state index is -4.65. The van der Waals surface area contributed by atoms with Gasteiger partial charge in [-0.25, -0.2) is 9.55 Å². The molecule has 0 spiro atoms. The van der Waals surface area contributed by atoms with Crippen molar-refractivity contribution >= 4 is 25.1 Å². The fourth-order valence-corrected chi connectivity index (χ4v) is 6.54. The number of hydrogen-bond acceptors (Lipinski definition) is 5. The van der Waals surface area contributed by atoms with E-state index >= 15 is 0 Å². The van der Waals surface area contributed by atoms with E-state index in [4.69, 9.17) is 4.98 Å². The molecule has 0 aliphatic carbocycles. The maximum atomic E-state index is 11.8. The molecule has 0 amide bonds. The van der Waals surface area contributed by atoms with Gasteiger partial charge in [-0.15, -0.1) is 11.3 Å². The first-order valence-corrected chi connectivity index (χ1v) is 15.1. The Balaban J connectivity index is 1.51. The lowest BCUT2D eigenvalue weighted by atomic mass is 9.99. The van der Waals surface area contributed by atoms with Crippen LogP contribution in [0.2, 0.25) is 0 Å². The molecule has 0 bridgehead atoms. The number of benzene rings is 1. The zero-order chi connectivity index (χ0) is 26.4. The molecule has 2 aromatic heterocycles. The zero-order valence-corrected chi connectivity index (χ0v) is 22.6. The molecule has 1 aromatic carbocycles. The molecule has 3 heterocycles. The Hall–Kier alpha value is -2.39. The summed E-state index contributed by atoms with van der Waals surface area (Å²) in [4.78, 5) is 36.8. The SMILES string of the molecule is CCCCCCc1ccc(-c2ccc(CNC3CCN(P(=O)(O)O)[C@@H]3C(=O)O)nc2-c2cccs2)cc1. The molecule has 10 heteroatoms. The van der Waals surface area contributed by atoms with E-state index in [-0.39, 0.29) is 6.54 Å². The second kappa shape index (κ2) is 12.4. The highest BCUT2D eigenvalue weighted by Gasteiger charge is 2.46. The lowest BCUT2D eigenvalue weighted by Gasteiger charge is -2.25.